The standard InChI is InChI=1S/C9H15N3O2/c1-10-5-4-9(6-10)7(13)11(2)8(14)12(9)3/h4-6H2,1-3H3. The summed E-state index contributed by atoms with van der Waals surface area (Å²) < 4.78 is 0. The highest BCUT2D eigenvalue weighted by atomic mass is 16.2. The third-order valence-corrected chi connectivity index (χ3v) is 3.36. The van der Waals surface area contributed by atoms with Crippen LogP contribution in [-0.4, -0.2) is 66.4 Å². The molecule has 2 saturated heterocycles. The Hall–Kier alpha value is -1.10. The second-order valence-corrected chi connectivity index (χ2v) is 4.23. The summed E-state index contributed by atoms with van der Waals surface area (Å²) in [5.74, 6) is -0.0608. The molecular formula is C9H15N3O2. The summed E-state index contributed by atoms with van der Waals surface area (Å²) in [5.41, 5.74) is -0.583. The van der Waals surface area contributed by atoms with E-state index in [4.69, 9.17) is 0 Å². The smallest absolute Gasteiger partial charge is 0.311 e. The minimum Gasteiger partial charge on any atom is -0.311 e. The maximum Gasteiger partial charge on any atom is 0.327 e. The van der Waals surface area contributed by atoms with Crippen molar-refractivity contribution in [2.24, 2.45) is 0 Å². The predicted octanol–water partition coefficient (Wildman–Crippen LogP) is -0.415. The Morgan fingerprint density at radius 2 is 1.86 bits per heavy atom. The first-order chi connectivity index (χ1) is 6.49. The molecule has 1 atom stereocenters. The highest BCUT2D eigenvalue weighted by Gasteiger charge is 2.56. The SMILES string of the molecule is CN1CCC2(C1)C(=O)N(C)C(=O)N2C. The number of likely N-dealkylation sites (N-methyl/N-ethyl adjacent to an activating group) is 3. The number of carbonyl (C=O) groups excluding carboxylic acids is 2. The maximum absolute atomic E-state index is 11.9. The van der Waals surface area contributed by atoms with Crippen LogP contribution >= 0.6 is 0 Å². The quantitative estimate of drug-likeness (QED) is 0.496. The number of hydrogen-bond donors (Lipinski definition) is 0. The molecule has 0 bridgehead atoms. The number of urea groups is 1. The largest absolute Gasteiger partial charge is 0.327 e. The number of likely N-dealkylation sites (tertiary alicyclic amines) is 1. The molecule has 2 heterocycles. The average Bonchev–Trinajstić information content (AvgIpc) is 2.62. The third kappa shape index (κ3) is 0.930. The molecule has 0 saturated carbocycles. The zero-order chi connectivity index (χ0) is 10.5. The van der Waals surface area contributed by atoms with Gasteiger partial charge in [0.15, 0.2) is 0 Å². The third-order valence-electron chi connectivity index (χ3n) is 3.36. The molecule has 0 aromatic carbocycles. The minimum absolute atomic E-state index is 0.0608. The Bertz CT molecular complexity index is 304. The fourth-order valence-corrected chi connectivity index (χ4v) is 2.38. The highest BCUT2D eigenvalue weighted by molar-refractivity contribution is 6.07. The fourth-order valence-electron chi connectivity index (χ4n) is 2.38. The van der Waals surface area contributed by atoms with Gasteiger partial charge in [-0.3, -0.25) is 9.69 Å². The maximum atomic E-state index is 11.9. The predicted molar refractivity (Wildman–Crippen MR) is 50.8 cm³/mol. The number of hydrogen-bond acceptors (Lipinski definition) is 3. The molecule has 78 valence electrons. The lowest BCUT2D eigenvalue weighted by molar-refractivity contribution is -0.131. The van der Waals surface area contributed by atoms with E-state index in [-0.39, 0.29) is 11.9 Å². The van der Waals surface area contributed by atoms with E-state index in [0.29, 0.717) is 6.54 Å². The summed E-state index contributed by atoms with van der Waals surface area (Å²) >= 11 is 0. The molecule has 0 N–H and O–H groups in total. The molecule has 3 amide bonds. The first-order valence-electron chi connectivity index (χ1n) is 4.73. The van der Waals surface area contributed by atoms with Gasteiger partial charge in [-0.2, -0.15) is 0 Å². The van der Waals surface area contributed by atoms with Crippen LogP contribution in [0.2, 0.25) is 0 Å². The minimum atomic E-state index is -0.583. The molecule has 2 aliphatic heterocycles. The molecule has 1 spiro atoms. The monoisotopic (exact) mass is 197 g/mol. The van der Waals surface area contributed by atoms with Crippen molar-refractivity contribution in [3.63, 3.8) is 0 Å². The van der Waals surface area contributed by atoms with Gasteiger partial charge in [0, 0.05) is 27.2 Å². The van der Waals surface area contributed by atoms with Crippen LogP contribution in [-0.2, 0) is 4.79 Å². The summed E-state index contributed by atoms with van der Waals surface area (Å²) in [5, 5.41) is 0. The van der Waals surface area contributed by atoms with Crippen molar-refractivity contribution in [3.8, 4) is 0 Å². The van der Waals surface area contributed by atoms with Crippen LogP contribution in [0.4, 0.5) is 4.79 Å². The lowest BCUT2D eigenvalue weighted by Crippen LogP contribution is -2.49. The van der Waals surface area contributed by atoms with E-state index in [2.05, 4.69) is 4.90 Å². The summed E-state index contributed by atoms with van der Waals surface area (Å²) in [6.45, 7) is 1.52. The van der Waals surface area contributed by atoms with Crippen LogP contribution in [0.3, 0.4) is 0 Å². The van der Waals surface area contributed by atoms with Crippen LogP contribution in [0, 0.1) is 0 Å². The Labute approximate surface area is 83.2 Å². The molecule has 5 heteroatoms. The van der Waals surface area contributed by atoms with Gasteiger partial charge >= 0.3 is 6.03 Å². The van der Waals surface area contributed by atoms with Crippen molar-refractivity contribution in [3.05, 3.63) is 0 Å². The van der Waals surface area contributed by atoms with E-state index in [9.17, 15) is 9.59 Å². The lowest BCUT2D eigenvalue weighted by Gasteiger charge is -2.27. The number of carbonyl (C=O) groups is 2. The van der Waals surface area contributed by atoms with Crippen LogP contribution in [0.15, 0.2) is 0 Å². The topological polar surface area (TPSA) is 43.9 Å². The number of nitrogens with zero attached hydrogens (tertiary/aromatic N) is 3. The van der Waals surface area contributed by atoms with Gasteiger partial charge in [0.2, 0.25) is 0 Å². The van der Waals surface area contributed by atoms with Crippen LogP contribution in [0.5, 0.6) is 0 Å². The van der Waals surface area contributed by atoms with E-state index < -0.39 is 5.54 Å². The van der Waals surface area contributed by atoms with E-state index in [1.807, 2.05) is 7.05 Å². The first kappa shape index (κ1) is 9.45. The van der Waals surface area contributed by atoms with Crippen molar-refractivity contribution in [2.75, 3.05) is 34.2 Å². The molecule has 0 aromatic heterocycles. The summed E-state index contributed by atoms with van der Waals surface area (Å²) in [4.78, 5) is 28.4. The number of imide groups is 1. The molecule has 5 nitrogen and oxygen atoms in total. The highest BCUT2D eigenvalue weighted by Crippen LogP contribution is 2.33. The van der Waals surface area contributed by atoms with Crippen LogP contribution in [0.1, 0.15) is 6.42 Å². The lowest BCUT2D eigenvalue weighted by atomic mass is 9.97. The molecule has 14 heavy (non-hydrogen) atoms. The Balaban J connectivity index is 2.36. The number of amides is 3. The van der Waals surface area contributed by atoms with Gasteiger partial charge in [0.25, 0.3) is 5.91 Å². The van der Waals surface area contributed by atoms with Crippen LogP contribution < -0.4 is 0 Å². The van der Waals surface area contributed by atoms with E-state index >= 15 is 0 Å². The van der Waals surface area contributed by atoms with Gasteiger partial charge in [-0.25, -0.2) is 4.79 Å². The zero-order valence-electron chi connectivity index (χ0n) is 8.78. The summed E-state index contributed by atoms with van der Waals surface area (Å²) in [6.07, 6.45) is 0.745. The van der Waals surface area contributed by atoms with E-state index in [1.165, 1.54) is 4.90 Å². The van der Waals surface area contributed by atoms with Crippen molar-refractivity contribution >= 4 is 11.9 Å². The molecule has 1 unspecified atom stereocenters. The Morgan fingerprint density at radius 1 is 1.21 bits per heavy atom. The average molecular weight is 197 g/mol. The van der Waals surface area contributed by atoms with E-state index in [0.717, 1.165) is 13.0 Å². The molecule has 2 fully saturated rings. The Kier molecular flexibility index (Phi) is 1.82. The van der Waals surface area contributed by atoms with Crippen molar-refractivity contribution in [2.45, 2.75) is 12.0 Å². The van der Waals surface area contributed by atoms with Gasteiger partial charge in [0.1, 0.15) is 5.54 Å². The molecular weight excluding hydrogens is 182 g/mol. The first-order valence-corrected chi connectivity index (χ1v) is 4.73. The molecule has 2 rings (SSSR count). The van der Waals surface area contributed by atoms with Crippen molar-refractivity contribution in [1.82, 2.24) is 14.7 Å². The van der Waals surface area contributed by atoms with Gasteiger partial charge < -0.3 is 9.80 Å². The Morgan fingerprint density at radius 3 is 2.21 bits per heavy atom. The number of rotatable bonds is 0. The second-order valence-electron chi connectivity index (χ2n) is 4.23. The summed E-state index contributed by atoms with van der Waals surface area (Å²) in [6, 6.07) is -0.190. The molecule has 0 aromatic rings. The van der Waals surface area contributed by atoms with Gasteiger partial charge in [-0.1, -0.05) is 0 Å². The zero-order valence-corrected chi connectivity index (χ0v) is 8.78. The summed E-state index contributed by atoms with van der Waals surface area (Å²) in [7, 11) is 5.23. The molecule has 0 radical (unpaired) electrons. The van der Waals surface area contributed by atoms with Crippen molar-refractivity contribution in [1.29, 1.82) is 0 Å². The van der Waals surface area contributed by atoms with Gasteiger partial charge in [-0.05, 0) is 13.5 Å². The van der Waals surface area contributed by atoms with Crippen molar-refractivity contribution < 1.29 is 9.59 Å². The van der Waals surface area contributed by atoms with E-state index in [1.54, 1.807) is 19.0 Å². The molecule has 0 aliphatic carbocycles. The second kappa shape index (κ2) is 2.70. The fraction of sp³-hybridized carbons (Fsp3) is 0.778. The van der Waals surface area contributed by atoms with Gasteiger partial charge in [-0.15, -0.1) is 0 Å². The molecule has 2 aliphatic rings. The normalized spacial score (nSPS) is 33.9. The van der Waals surface area contributed by atoms with Gasteiger partial charge in [0.05, 0.1) is 0 Å². The van der Waals surface area contributed by atoms with Crippen LogP contribution in [0.25, 0.3) is 0 Å².